The molecule has 0 spiro atoms. The first-order valence-electron chi connectivity index (χ1n) is 32.3. The Morgan fingerprint density at radius 3 is 1.10 bits per heavy atom. The zero-order valence-electron chi connectivity index (χ0n) is 51.3. The Morgan fingerprint density at radius 2 is 0.731 bits per heavy atom. The summed E-state index contributed by atoms with van der Waals surface area (Å²) in [5.74, 6) is -0.830. The van der Waals surface area contributed by atoms with Crippen LogP contribution < -0.4 is 4.89 Å². The minimum atomic E-state index is -4.64. The lowest BCUT2D eigenvalue weighted by Crippen LogP contribution is -2.37. The van der Waals surface area contributed by atoms with Crippen molar-refractivity contribution in [1.29, 1.82) is 0 Å². The Hall–Kier alpha value is -2.81. The van der Waals surface area contributed by atoms with E-state index in [1.165, 1.54) is 161 Å². The summed E-state index contributed by atoms with van der Waals surface area (Å²) in [6, 6.07) is 0. The van der Waals surface area contributed by atoms with Gasteiger partial charge in [-0.1, -0.05) is 266 Å². The van der Waals surface area contributed by atoms with Crippen LogP contribution >= 0.6 is 7.82 Å². The van der Waals surface area contributed by atoms with E-state index in [-0.39, 0.29) is 32.0 Å². The Kier molecular flexibility index (Phi) is 56.7. The molecule has 2 atom stereocenters. The van der Waals surface area contributed by atoms with Crippen LogP contribution in [0, 0.1) is 0 Å². The standard InChI is InChI=1S/C68H122NO8P/c1-6-8-10-12-14-16-18-20-22-24-25-26-27-28-29-30-31-32-33-34-35-36-37-38-39-40-41-42-43-45-47-49-51-53-55-57-59-61-68(71)77-66(65-76-78(72,73)75-63-62-69(3,4)5)64-74-67(70)60-58-56-54-52-50-48-46-44-23-21-19-17-15-13-11-9-7-2/h8,10,14,16,20-23,25-26,28-29,31-32,66H,6-7,9,11-13,15,17-19,24,27,30,33-65H2,1-5H3/b10-8-,16-14-,22-20-,23-21-,26-25-,29-28-,32-31-. The Balaban J connectivity index is 4.00. The molecule has 452 valence electrons. The SMILES string of the molecule is CC/C=C\C/C=C\C/C=C\C/C=C\C/C=C\C/C=C\CCCCCCCCCCCCCCCCCCCCC(=O)OC(COC(=O)CCCCCCCCC/C=C\CCCCCCCC)COP(=O)([O-])OCC[N+](C)(C)C. The van der Waals surface area contributed by atoms with Gasteiger partial charge in [-0.2, -0.15) is 0 Å². The van der Waals surface area contributed by atoms with Crippen LogP contribution in [-0.2, 0) is 32.7 Å². The summed E-state index contributed by atoms with van der Waals surface area (Å²) in [5.41, 5.74) is 0. The highest BCUT2D eigenvalue weighted by Gasteiger charge is 2.22. The highest BCUT2D eigenvalue weighted by molar-refractivity contribution is 7.45. The van der Waals surface area contributed by atoms with Crippen LogP contribution in [0.25, 0.3) is 0 Å². The van der Waals surface area contributed by atoms with Gasteiger partial charge in [0.25, 0.3) is 7.82 Å². The van der Waals surface area contributed by atoms with E-state index < -0.39 is 26.5 Å². The van der Waals surface area contributed by atoms with E-state index in [2.05, 4.69) is 98.9 Å². The molecule has 2 unspecified atom stereocenters. The molecule has 0 aliphatic carbocycles. The molecule has 0 aliphatic rings. The van der Waals surface area contributed by atoms with Crippen molar-refractivity contribution in [1.82, 2.24) is 0 Å². The van der Waals surface area contributed by atoms with E-state index in [9.17, 15) is 19.0 Å². The first-order chi connectivity index (χ1) is 38.0. The fraction of sp³-hybridized carbons (Fsp3) is 0.765. The van der Waals surface area contributed by atoms with Crippen LogP contribution in [0.3, 0.4) is 0 Å². The molecule has 0 N–H and O–H groups in total. The second kappa shape index (κ2) is 58.8. The topological polar surface area (TPSA) is 111 Å². The van der Waals surface area contributed by atoms with Crippen molar-refractivity contribution in [3.05, 3.63) is 85.1 Å². The van der Waals surface area contributed by atoms with Gasteiger partial charge in [0, 0.05) is 12.8 Å². The number of allylic oxidation sites excluding steroid dienone is 14. The summed E-state index contributed by atoms with van der Waals surface area (Å²) in [6.07, 6.45) is 79.4. The van der Waals surface area contributed by atoms with Crippen LogP contribution in [0.1, 0.15) is 284 Å². The second-order valence-electron chi connectivity index (χ2n) is 22.7. The second-order valence-corrected chi connectivity index (χ2v) is 24.2. The number of esters is 2. The van der Waals surface area contributed by atoms with Crippen LogP contribution in [0.5, 0.6) is 0 Å². The van der Waals surface area contributed by atoms with E-state index in [1.54, 1.807) is 0 Å². The summed E-state index contributed by atoms with van der Waals surface area (Å²) in [6.45, 7) is 4.14. The van der Waals surface area contributed by atoms with Gasteiger partial charge in [-0.05, 0) is 89.9 Å². The summed E-state index contributed by atoms with van der Waals surface area (Å²) in [5, 5.41) is 0. The van der Waals surface area contributed by atoms with Gasteiger partial charge in [-0.3, -0.25) is 14.2 Å². The lowest BCUT2D eigenvalue weighted by atomic mass is 10.0. The van der Waals surface area contributed by atoms with Crippen LogP contribution in [0.4, 0.5) is 0 Å². The number of quaternary nitrogens is 1. The van der Waals surface area contributed by atoms with Gasteiger partial charge in [0.05, 0.1) is 27.7 Å². The third-order valence-electron chi connectivity index (χ3n) is 13.9. The number of ether oxygens (including phenoxy) is 2. The molecule has 0 aromatic heterocycles. The molecule has 10 heteroatoms. The van der Waals surface area contributed by atoms with Crippen molar-refractivity contribution < 1.29 is 42.1 Å². The smallest absolute Gasteiger partial charge is 0.306 e. The molecular formula is C68H122NO8P. The van der Waals surface area contributed by atoms with Crippen molar-refractivity contribution in [3.63, 3.8) is 0 Å². The number of likely N-dealkylation sites (N-methyl/N-ethyl adjacent to an activating group) is 1. The molecule has 0 amide bonds. The van der Waals surface area contributed by atoms with Crippen molar-refractivity contribution in [2.24, 2.45) is 0 Å². The van der Waals surface area contributed by atoms with Gasteiger partial charge in [0.2, 0.25) is 0 Å². The molecular weight excluding hydrogens is 990 g/mol. The minimum Gasteiger partial charge on any atom is -0.756 e. The number of nitrogens with zero attached hydrogens (tertiary/aromatic N) is 1. The highest BCUT2D eigenvalue weighted by Crippen LogP contribution is 2.38. The van der Waals surface area contributed by atoms with E-state index in [0.29, 0.717) is 17.4 Å². The van der Waals surface area contributed by atoms with E-state index >= 15 is 0 Å². The maximum Gasteiger partial charge on any atom is 0.306 e. The van der Waals surface area contributed by atoms with Gasteiger partial charge in [-0.15, -0.1) is 0 Å². The van der Waals surface area contributed by atoms with Crippen LogP contribution in [0.2, 0.25) is 0 Å². The zero-order valence-corrected chi connectivity index (χ0v) is 52.2. The largest absolute Gasteiger partial charge is 0.756 e. The number of rotatable bonds is 59. The summed E-state index contributed by atoms with van der Waals surface area (Å²) in [7, 11) is 1.17. The van der Waals surface area contributed by atoms with Gasteiger partial charge < -0.3 is 27.9 Å². The van der Waals surface area contributed by atoms with Crippen molar-refractivity contribution in [3.8, 4) is 0 Å². The molecule has 0 radical (unpaired) electrons. The van der Waals surface area contributed by atoms with Gasteiger partial charge in [0.1, 0.15) is 19.8 Å². The molecule has 0 rings (SSSR count). The maximum atomic E-state index is 12.8. The van der Waals surface area contributed by atoms with Crippen LogP contribution in [-0.4, -0.2) is 70.0 Å². The van der Waals surface area contributed by atoms with Gasteiger partial charge in [0.15, 0.2) is 6.10 Å². The predicted molar refractivity (Wildman–Crippen MR) is 332 cm³/mol. The minimum absolute atomic E-state index is 0.0322. The van der Waals surface area contributed by atoms with Crippen molar-refractivity contribution >= 4 is 19.8 Å². The lowest BCUT2D eigenvalue weighted by Gasteiger charge is -2.28. The summed E-state index contributed by atoms with van der Waals surface area (Å²) < 4.78 is 34.2. The number of hydrogen-bond donors (Lipinski definition) is 0. The monoisotopic (exact) mass is 1110 g/mol. The molecule has 0 saturated heterocycles. The number of unbranched alkanes of at least 4 members (excludes halogenated alkanes) is 31. The number of phosphoric ester groups is 1. The zero-order chi connectivity index (χ0) is 57.0. The number of carbonyl (C=O) groups is 2. The molecule has 0 bridgehead atoms. The first kappa shape index (κ1) is 75.2. The molecule has 0 heterocycles. The quantitative estimate of drug-likeness (QED) is 0.0195. The molecule has 0 aliphatic heterocycles. The van der Waals surface area contributed by atoms with Crippen LogP contribution in [0.15, 0.2) is 85.1 Å². The highest BCUT2D eigenvalue weighted by atomic mass is 31.2. The Morgan fingerprint density at radius 1 is 0.410 bits per heavy atom. The van der Waals surface area contributed by atoms with Crippen molar-refractivity contribution in [2.75, 3.05) is 47.5 Å². The molecule has 0 saturated carbocycles. The molecule has 0 aromatic rings. The molecule has 0 fully saturated rings. The number of phosphoric acid groups is 1. The average Bonchev–Trinajstić information content (AvgIpc) is 3.41. The lowest BCUT2D eigenvalue weighted by molar-refractivity contribution is -0.870. The molecule has 78 heavy (non-hydrogen) atoms. The maximum absolute atomic E-state index is 12.8. The van der Waals surface area contributed by atoms with E-state index in [0.717, 1.165) is 89.9 Å². The van der Waals surface area contributed by atoms with Crippen molar-refractivity contribution in [2.45, 2.75) is 290 Å². The number of carbonyl (C=O) groups excluding carboxylic acids is 2. The average molecular weight is 1110 g/mol. The third kappa shape index (κ3) is 62.4. The Bertz CT molecular complexity index is 1590. The third-order valence-corrected chi connectivity index (χ3v) is 14.9. The first-order valence-corrected chi connectivity index (χ1v) is 33.8. The Labute approximate surface area is 481 Å². The normalized spacial score (nSPS) is 13.8. The van der Waals surface area contributed by atoms with Gasteiger partial charge >= 0.3 is 11.9 Å². The number of hydrogen-bond acceptors (Lipinski definition) is 8. The fourth-order valence-corrected chi connectivity index (χ4v) is 9.68. The summed E-state index contributed by atoms with van der Waals surface area (Å²) >= 11 is 0. The van der Waals surface area contributed by atoms with E-state index in [4.69, 9.17) is 18.5 Å². The molecule has 9 nitrogen and oxygen atoms in total. The van der Waals surface area contributed by atoms with E-state index in [1.807, 2.05) is 21.1 Å². The summed E-state index contributed by atoms with van der Waals surface area (Å²) in [4.78, 5) is 37.9. The predicted octanol–water partition coefficient (Wildman–Crippen LogP) is 20.0. The van der Waals surface area contributed by atoms with Gasteiger partial charge in [-0.25, -0.2) is 0 Å². The fourth-order valence-electron chi connectivity index (χ4n) is 8.95. The molecule has 0 aromatic carbocycles.